The van der Waals surface area contributed by atoms with E-state index in [1.54, 1.807) is 0 Å². The maximum Gasteiger partial charge on any atom is 0.277 e. The molecule has 0 saturated carbocycles. The van der Waals surface area contributed by atoms with Gasteiger partial charge in [0, 0.05) is 6.54 Å². The number of benzene rings is 3. The number of nitrogens with zero attached hydrogens (tertiary/aromatic N) is 1. The van der Waals surface area contributed by atoms with Crippen LogP contribution in [0.15, 0.2) is 94.5 Å². The Hall–Kier alpha value is -2.68. The first-order valence-corrected chi connectivity index (χ1v) is 10.6. The Kier molecular flexibility index (Phi) is 3.12. The summed E-state index contributed by atoms with van der Waals surface area (Å²) in [6.07, 6.45) is 0. The topological polar surface area (TPSA) is 83.6 Å². The van der Waals surface area contributed by atoms with Crippen LogP contribution in [0.2, 0.25) is 0 Å². The summed E-state index contributed by atoms with van der Waals surface area (Å²) in [6.45, 7) is -0.0985. The summed E-state index contributed by atoms with van der Waals surface area (Å²) < 4.78 is 135. The lowest BCUT2D eigenvalue weighted by Crippen LogP contribution is -2.38. The summed E-state index contributed by atoms with van der Waals surface area (Å²) in [6, 6.07) is -5.76. The minimum atomic E-state index is -5.61. The number of hydrogen-bond acceptors (Lipinski definition) is 5. The molecule has 0 bridgehead atoms. The van der Waals surface area contributed by atoms with E-state index < -0.39 is 95.9 Å². The van der Waals surface area contributed by atoms with Crippen molar-refractivity contribution in [3.05, 3.63) is 90.3 Å². The minimum absolute atomic E-state index is 0.0573. The molecule has 0 amide bonds. The Morgan fingerprint density at radius 3 is 1.75 bits per heavy atom. The average molecular weight is 427 g/mol. The van der Waals surface area contributed by atoms with E-state index in [0.717, 1.165) is 6.07 Å². The van der Waals surface area contributed by atoms with E-state index in [0.29, 0.717) is 0 Å². The van der Waals surface area contributed by atoms with E-state index in [2.05, 4.69) is 5.32 Å². The van der Waals surface area contributed by atoms with Crippen LogP contribution in [0.4, 0.5) is 5.69 Å². The largest absolute Gasteiger partial charge is 0.316 e. The second-order valence-corrected chi connectivity index (χ2v) is 8.95. The van der Waals surface area contributed by atoms with E-state index in [4.69, 9.17) is 13.7 Å². The number of sulfonamides is 2. The number of para-hydroxylation sites is 1. The molecule has 0 aliphatic rings. The highest BCUT2D eigenvalue weighted by Gasteiger charge is 2.37. The van der Waals surface area contributed by atoms with E-state index in [1.165, 1.54) is 25.2 Å². The molecule has 0 aliphatic carbocycles. The summed E-state index contributed by atoms with van der Waals surface area (Å²) in [4.78, 5) is -2.75. The van der Waals surface area contributed by atoms with Crippen LogP contribution < -0.4 is 9.03 Å². The van der Waals surface area contributed by atoms with Gasteiger partial charge in [0.25, 0.3) is 20.0 Å². The molecule has 3 rings (SSSR count). The molecular weight excluding hydrogens is 396 g/mol. The lowest BCUT2D eigenvalue weighted by molar-refractivity contribution is 0.584. The fourth-order valence-electron chi connectivity index (χ4n) is 2.32. The summed E-state index contributed by atoms with van der Waals surface area (Å²) in [7, 11) is -9.74. The SMILES string of the molecule is [2H]c1c([2H])c([2H])c(S(=O)(=O)N(c2ccccc2CNC)S(=O)(=O)c2c([2H])c([2H])c([2H])c([2H])c2[2H])c([2H])c1[2H]. The first kappa shape index (κ1) is 10.8. The zero-order valence-electron chi connectivity index (χ0n) is 24.4. The van der Waals surface area contributed by atoms with Crippen LogP contribution in [0.25, 0.3) is 0 Å². The van der Waals surface area contributed by atoms with Gasteiger partial charge in [-0.1, -0.05) is 54.5 Å². The first-order chi connectivity index (χ1) is 17.5. The molecule has 0 aliphatic heterocycles. The molecule has 0 saturated heterocycles. The predicted molar refractivity (Wildman–Crippen MR) is 109 cm³/mol. The van der Waals surface area contributed by atoms with Crippen molar-refractivity contribution in [1.82, 2.24) is 5.32 Å². The third-order valence-electron chi connectivity index (χ3n) is 3.46. The van der Waals surface area contributed by atoms with Gasteiger partial charge in [-0.15, -0.1) is 0 Å². The van der Waals surface area contributed by atoms with Gasteiger partial charge in [0.2, 0.25) is 0 Å². The predicted octanol–water partition coefficient (Wildman–Crippen LogP) is 2.99. The summed E-state index contributed by atoms with van der Waals surface area (Å²) >= 11 is 0. The summed E-state index contributed by atoms with van der Waals surface area (Å²) in [5.74, 6) is 0. The second kappa shape index (κ2) is 8.14. The van der Waals surface area contributed by atoms with E-state index >= 15 is 0 Å². The number of nitrogens with one attached hydrogen (secondary N) is 1. The van der Waals surface area contributed by atoms with Crippen LogP contribution in [0.1, 0.15) is 19.3 Å². The third-order valence-corrected chi connectivity index (χ3v) is 7.35. The Balaban J connectivity index is 2.57. The van der Waals surface area contributed by atoms with Gasteiger partial charge in [-0.25, -0.2) is 16.8 Å². The van der Waals surface area contributed by atoms with Crippen LogP contribution in [0, 0.1) is 0 Å². The molecule has 6 nitrogen and oxygen atoms in total. The van der Waals surface area contributed by atoms with Crippen molar-refractivity contribution in [2.24, 2.45) is 0 Å². The number of hydrogen-bond donors (Lipinski definition) is 1. The lowest BCUT2D eigenvalue weighted by Gasteiger charge is -2.26. The highest BCUT2D eigenvalue weighted by atomic mass is 32.3. The van der Waals surface area contributed by atoms with Crippen LogP contribution in [-0.2, 0) is 26.6 Å². The number of rotatable bonds is 7. The first-order valence-electron chi connectivity index (χ1n) is 12.7. The van der Waals surface area contributed by atoms with E-state index in [1.807, 2.05) is 0 Å². The van der Waals surface area contributed by atoms with Crippen molar-refractivity contribution in [2.75, 3.05) is 10.8 Å². The van der Waals surface area contributed by atoms with Gasteiger partial charge < -0.3 is 5.32 Å². The van der Waals surface area contributed by atoms with Gasteiger partial charge in [-0.05, 0) is 42.8 Å². The molecule has 3 aromatic rings. The van der Waals surface area contributed by atoms with Gasteiger partial charge in [0.15, 0.2) is 0 Å². The van der Waals surface area contributed by atoms with Gasteiger partial charge in [-0.2, -0.15) is 3.71 Å². The van der Waals surface area contributed by atoms with E-state index in [-0.39, 0.29) is 15.8 Å². The molecule has 28 heavy (non-hydrogen) atoms. The highest BCUT2D eigenvalue weighted by molar-refractivity contribution is 8.10. The maximum atomic E-state index is 14.0. The molecule has 0 spiro atoms. The fourth-order valence-corrected chi connectivity index (χ4v) is 5.72. The summed E-state index contributed by atoms with van der Waals surface area (Å²) in [5, 5.41) is 2.72. The van der Waals surface area contributed by atoms with Crippen LogP contribution >= 0.6 is 0 Å². The van der Waals surface area contributed by atoms with Gasteiger partial charge in [0.1, 0.15) is 0 Å². The van der Waals surface area contributed by atoms with Crippen molar-refractivity contribution >= 4 is 25.7 Å². The maximum absolute atomic E-state index is 14.0. The summed E-state index contributed by atoms with van der Waals surface area (Å²) in [5.41, 5.74) is -0.498. The van der Waals surface area contributed by atoms with Crippen LogP contribution in [0.3, 0.4) is 0 Å². The number of anilines is 1. The fraction of sp³-hybridized carbons (Fsp3) is 0.100. The van der Waals surface area contributed by atoms with Crippen molar-refractivity contribution in [3.8, 4) is 0 Å². The van der Waals surface area contributed by atoms with Crippen molar-refractivity contribution < 1.29 is 30.5 Å². The molecule has 0 unspecified atom stereocenters. The molecule has 0 radical (unpaired) electrons. The molecular formula is C20H20N2O4S2. The monoisotopic (exact) mass is 426 g/mol. The molecule has 0 fully saturated rings. The Labute approximate surface area is 179 Å². The highest BCUT2D eigenvalue weighted by Crippen LogP contribution is 2.33. The van der Waals surface area contributed by atoms with Crippen molar-refractivity contribution in [2.45, 2.75) is 16.3 Å². The molecule has 0 atom stereocenters. The molecule has 8 heteroatoms. The van der Waals surface area contributed by atoms with E-state index in [9.17, 15) is 16.8 Å². The Bertz CT molecular complexity index is 1520. The van der Waals surface area contributed by atoms with Crippen molar-refractivity contribution in [1.29, 1.82) is 0 Å². The Morgan fingerprint density at radius 1 is 0.821 bits per heavy atom. The smallest absolute Gasteiger partial charge is 0.277 e. The van der Waals surface area contributed by atoms with Gasteiger partial charge in [-0.3, -0.25) is 0 Å². The van der Waals surface area contributed by atoms with Crippen molar-refractivity contribution in [3.63, 3.8) is 0 Å². The molecule has 0 heterocycles. The lowest BCUT2D eigenvalue weighted by atomic mass is 10.2. The van der Waals surface area contributed by atoms with Gasteiger partial charge in [0.05, 0.1) is 29.2 Å². The molecule has 146 valence electrons. The molecule has 0 aromatic heterocycles. The second-order valence-electron chi connectivity index (χ2n) is 5.27. The normalized spacial score (nSPS) is 16.9. The zero-order valence-corrected chi connectivity index (χ0v) is 16.0. The van der Waals surface area contributed by atoms with Crippen LogP contribution in [0.5, 0.6) is 0 Å². The Morgan fingerprint density at radius 2 is 1.29 bits per heavy atom. The average Bonchev–Trinajstić information content (AvgIpc) is 2.84. The minimum Gasteiger partial charge on any atom is -0.316 e. The van der Waals surface area contributed by atoms with Gasteiger partial charge >= 0.3 is 0 Å². The standard InChI is InChI=1S/C20H20N2O4S2/c1-21-16-17-10-8-9-15-20(17)22(27(23,24)18-11-4-2-5-12-18)28(25,26)19-13-6-3-7-14-19/h2-15,21H,16H2,1H3/i2D,3D,4D,5D,6D,7D,11D,12D,13D,14D. The molecule has 3 aromatic carbocycles. The quantitative estimate of drug-likeness (QED) is 0.628. The zero-order chi connectivity index (χ0) is 28.9. The third kappa shape index (κ3) is 3.80. The molecule has 1 N–H and O–H groups in total. The van der Waals surface area contributed by atoms with Crippen LogP contribution in [-0.4, -0.2) is 23.9 Å².